The zero-order chi connectivity index (χ0) is 24.3. The number of aromatic nitrogens is 3. The largest absolute Gasteiger partial charge is 0.379 e. The number of nitrogens with one attached hydrogen (secondary N) is 1. The molecule has 2 aliphatic rings. The lowest BCUT2D eigenvalue weighted by Crippen LogP contribution is -2.44. The molecule has 2 fully saturated rings. The number of morpholine rings is 1. The fourth-order valence-electron chi connectivity index (χ4n) is 4.92. The molecule has 2 saturated heterocycles. The minimum atomic E-state index is 0.596. The maximum Gasteiger partial charge on any atom is 0.247 e. The van der Waals surface area contributed by atoms with E-state index in [1.807, 2.05) is 16.6 Å². The third kappa shape index (κ3) is 5.06. The predicted molar refractivity (Wildman–Crippen MR) is 144 cm³/mol. The summed E-state index contributed by atoms with van der Waals surface area (Å²) < 4.78 is 7.38. The van der Waals surface area contributed by atoms with Crippen molar-refractivity contribution >= 4 is 23.0 Å². The van der Waals surface area contributed by atoms with Crippen LogP contribution in [0.3, 0.4) is 0 Å². The Kier molecular flexibility index (Phi) is 6.55. The second kappa shape index (κ2) is 10.3. The van der Waals surface area contributed by atoms with Crippen molar-refractivity contribution in [1.29, 1.82) is 0 Å². The molecule has 0 amide bonds. The van der Waals surface area contributed by atoms with Crippen LogP contribution in [-0.2, 0) is 11.3 Å². The first-order chi connectivity index (χ1) is 17.7. The molecule has 0 aliphatic carbocycles. The highest BCUT2D eigenvalue weighted by Crippen LogP contribution is 2.24. The van der Waals surface area contributed by atoms with Gasteiger partial charge < -0.3 is 19.9 Å². The van der Waals surface area contributed by atoms with Gasteiger partial charge in [0.2, 0.25) is 5.95 Å². The Hall–Kier alpha value is -3.46. The molecule has 4 heterocycles. The van der Waals surface area contributed by atoms with E-state index in [9.17, 15) is 0 Å². The maximum absolute atomic E-state index is 5.46. The van der Waals surface area contributed by atoms with Crippen LogP contribution in [-0.4, -0.2) is 83.9 Å². The monoisotopic (exact) mass is 483 g/mol. The smallest absolute Gasteiger partial charge is 0.247 e. The first-order valence-corrected chi connectivity index (χ1v) is 12.8. The quantitative estimate of drug-likeness (QED) is 0.449. The number of anilines is 3. The number of hydrogen-bond acceptors (Lipinski definition) is 7. The molecule has 36 heavy (non-hydrogen) atoms. The van der Waals surface area contributed by atoms with Crippen molar-refractivity contribution in [2.45, 2.75) is 6.54 Å². The SMILES string of the molecule is CN1CCN(c2ccc(Nc3nc4cccc(-c5ccc(CN6CCOCC6)cc5)n4n3)cc2)CC1. The number of fused-ring (bicyclic) bond motifs is 1. The Morgan fingerprint density at radius 3 is 2.33 bits per heavy atom. The average Bonchev–Trinajstić information content (AvgIpc) is 3.33. The Labute approximate surface area is 212 Å². The Balaban J connectivity index is 1.16. The minimum absolute atomic E-state index is 0.596. The summed E-state index contributed by atoms with van der Waals surface area (Å²) in [6.07, 6.45) is 0. The van der Waals surface area contributed by atoms with Crippen LogP contribution in [0, 0.1) is 0 Å². The second-order valence-electron chi connectivity index (χ2n) is 9.66. The lowest BCUT2D eigenvalue weighted by Gasteiger charge is -2.34. The van der Waals surface area contributed by atoms with E-state index in [0.29, 0.717) is 5.95 Å². The molecule has 2 aromatic heterocycles. The van der Waals surface area contributed by atoms with Gasteiger partial charge in [-0.05, 0) is 49.0 Å². The van der Waals surface area contributed by atoms with Crippen molar-refractivity contribution in [3.63, 3.8) is 0 Å². The molecule has 0 bridgehead atoms. The first-order valence-electron chi connectivity index (χ1n) is 12.8. The number of ether oxygens (including phenoxy) is 1. The molecule has 1 N–H and O–H groups in total. The molecule has 8 heteroatoms. The number of nitrogens with zero attached hydrogens (tertiary/aromatic N) is 6. The predicted octanol–water partition coefficient (Wildman–Crippen LogP) is 3.72. The summed E-state index contributed by atoms with van der Waals surface area (Å²) in [5.41, 5.74) is 6.53. The third-order valence-electron chi connectivity index (χ3n) is 7.11. The number of benzene rings is 2. The number of pyridine rings is 1. The summed E-state index contributed by atoms with van der Waals surface area (Å²) in [6, 6.07) is 23.4. The van der Waals surface area contributed by atoms with E-state index < -0.39 is 0 Å². The highest BCUT2D eigenvalue weighted by molar-refractivity contribution is 5.65. The summed E-state index contributed by atoms with van der Waals surface area (Å²) in [7, 11) is 2.18. The van der Waals surface area contributed by atoms with E-state index in [4.69, 9.17) is 14.8 Å². The van der Waals surface area contributed by atoms with E-state index in [-0.39, 0.29) is 0 Å². The lowest BCUT2D eigenvalue weighted by molar-refractivity contribution is 0.0342. The van der Waals surface area contributed by atoms with Gasteiger partial charge in [-0.1, -0.05) is 30.3 Å². The molecule has 0 spiro atoms. The Morgan fingerprint density at radius 2 is 1.58 bits per heavy atom. The first kappa shape index (κ1) is 23.0. The summed E-state index contributed by atoms with van der Waals surface area (Å²) >= 11 is 0. The summed E-state index contributed by atoms with van der Waals surface area (Å²) in [6.45, 7) is 8.92. The molecular weight excluding hydrogens is 450 g/mol. The van der Waals surface area contributed by atoms with Crippen molar-refractivity contribution in [2.75, 3.05) is 69.7 Å². The van der Waals surface area contributed by atoms with E-state index in [1.165, 1.54) is 11.3 Å². The van der Waals surface area contributed by atoms with E-state index in [1.54, 1.807) is 0 Å². The summed E-state index contributed by atoms with van der Waals surface area (Å²) in [5.74, 6) is 0.596. The fourth-order valence-corrected chi connectivity index (χ4v) is 4.92. The van der Waals surface area contributed by atoms with Gasteiger partial charge in [0.05, 0.1) is 18.9 Å². The Morgan fingerprint density at radius 1 is 0.833 bits per heavy atom. The molecule has 0 unspecified atom stereocenters. The average molecular weight is 484 g/mol. The van der Waals surface area contributed by atoms with Crippen LogP contribution in [0.4, 0.5) is 17.3 Å². The molecular formula is C28H33N7O. The maximum atomic E-state index is 5.46. The molecule has 6 rings (SSSR count). The number of hydrogen-bond donors (Lipinski definition) is 1. The van der Waals surface area contributed by atoms with Crippen LogP contribution in [0.15, 0.2) is 66.7 Å². The van der Waals surface area contributed by atoms with Crippen molar-refractivity contribution in [1.82, 2.24) is 24.4 Å². The number of piperazine rings is 1. The fraction of sp³-hybridized carbons (Fsp3) is 0.357. The normalized spacial score (nSPS) is 17.5. The van der Waals surface area contributed by atoms with E-state index >= 15 is 0 Å². The van der Waals surface area contributed by atoms with Crippen molar-refractivity contribution < 1.29 is 4.74 Å². The van der Waals surface area contributed by atoms with Gasteiger partial charge in [0.1, 0.15) is 0 Å². The van der Waals surface area contributed by atoms with Gasteiger partial charge in [-0.25, -0.2) is 4.52 Å². The van der Waals surface area contributed by atoms with Crippen molar-refractivity contribution in [3.05, 3.63) is 72.3 Å². The topological polar surface area (TPSA) is 61.2 Å². The van der Waals surface area contributed by atoms with Crippen LogP contribution in [0.25, 0.3) is 16.9 Å². The highest BCUT2D eigenvalue weighted by Gasteiger charge is 2.15. The van der Waals surface area contributed by atoms with Gasteiger partial charge >= 0.3 is 0 Å². The van der Waals surface area contributed by atoms with Gasteiger partial charge in [0.15, 0.2) is 5.65 Å². The van der Waals surface area contributed by atoms with Crippen LogP contribution < -0.4 is 10.2 Å². The van der Waals surface area contributed by atoms with Gasteiger partial charge in [0.25, 0.3) is 0 Å². The van der Waals surface area contributed by atoms with Crippen LogP contribution in [0.2, 0.25) is 0 Å². The van der Waals surface area contributed by atoms with Gasteiger partial charge in [-0.3, -0.25) is 4.90 Å². The second-order valence-corrected chi connectivity index (χ2v) is 9.66. The van der Waals surface area contributed by atoms with Crippen LogP contribution in [0.1, 0.15) is 5.56 Å². The number of likely N-dealkylation sites (N-methyl/N-ethyl adjacent to an activating group) is 1. The standard InChI is InChI=1S/C28H33N7O/c1-32-13-15-34(16-14-32)25-11-9-24(10-12-25)29-28-30-27-4-2-3-26(35(27)31-28)23-7-5-22(6-8-23)21-33-17-19-36-20-18-33/h2-12H,13-21H2,1H3,(H,29,31). The van der Waals surface area contributed by atoms with Gasteiger partial charge in [0, 0.05) is 62.8 Å². The van der Waals surface area contributed by atoms with E-state index in [2.05, 4.69) is 81.7 Å². The van der Waals surface area contributed by atoms with Crippen molar-refractivity contribution in [3.8, 4) is 11.3 Å². The van der Waals surface area contributed by atoms with Crippen LogP contribution in [0.5, 0.6) is 0 Å². The van der Waals surface area contributed by atoms with Crippen molar-refractivity contribution in [2.24, 2.45) is 0 Å². The van der Waals surface area contributed by atoms with Crippen LogP contribution >= 0.6 is 0 Å². The Bertz CT molecular complexity index is 1290. The van der Waals surface area contributed by atoms with Gasteiger partial charge in [-0.2, -0.15) is 4.98 Å². The zero-order valence-electron chi connectivity index (χ0n) is 20.8. The highest BCUT2D eigenvalue weighted by atomic mass is 16.5. The number of rotatable bonds is 6. The minimum Gasteiger partial charge on any atom is -0.379 e. The summed E-state index contributed by atoms with van der Waals surface area (Å²) in [5, 5.41) is 8.16. The summed E-state index contributed by atoms with van der Waals surface area (Å²) in [4.78, 5) is 12.0. The van der Waals surface area contributed by atoms with Gasteiger partial charge in [-0.15, -0.1) is 5.10 Å². The molecule has 0 saturated carbocycles. The zero-order valence-corrected chi connectivity index (χ0v) is 20.8. The molecule has 2 aromatic carbocycles. The molecule has 0 atom stereocenters. The molecule has 2 aliphatic heterocycles. The molecule has 0 radical (unpaired) electrons. The third-order valence-corrected chi connectivity index (χ3v) is 7.11. The lowest BCUT2D eigenvalue weighted by atomic mass is 10.1. The molecule has 8 nitrogen and oxygen atoms in total. The molecule has 4 aromatic rings. The molecule has 186 valence electrons. The van der Waals surface area contributed by atoms with E-state index in [0.717, 1.165) is 81.6 Å².